The molecule has 0 aliphatic heterocycles. The summed E-state index contributed by atoms with van der Waals surface area (Å²) < 4.78 is 0.112. The number of likely N-dealkylation sites (N-methyl/N-ethyl adjacent to an activating group) is 1. The van der Waals surface area contributed by atoms with Gasteiger partial charge >= 0.3 is 0 Å². The van der Waals surface area contributed by atoms with E-state index >= 15 is 0 Å². The summed E-state index contributed by atoms with van der Waals surface area (Å²) in [6.45, 7) is 2.02. The van der Waals surface area contributed by atoms with Crippen LogP contribution < -0.4 is 5.43 Å². The molecule has 0 fully saturated rings. The number of nitrogens with one attached hydrogen (secondary N) is 1. The van der Waals surface area contributed by atoms with Crippen molar-refractivity contribution in [2.75, 3.05) is 20.6 Å². The molecule has 0 aromatic heterocycles. The van der Waals surface area contributed by atoms with Crippen molar-refractivity contribution in [2.24, 2.45) is 0 Å². The van der Waals surface area contributed by atoms with Crippen LogP contribution in [0.2, 0.25) is 0 Å². The predicted molar refractivity (Wildman–Crippen MR) is 68.2 cm³/mol. The standard InChI is InChI=1S/C13H20N2O3/c1-10(16)9-15(2,3)14-13(18)12(17)11-7-5-4-6-8-11/h4-8,10,12,16-17H,9H2,1-3H3/p+1. The molecule has 1 amide bonds. The fraction of sp³-hybridized carbons (Fsp3) is 0.462. The molecule has 0 heterocycles. The topological polar surface area (TPSA) is 69.6 Å². The second kappa shape index (κ2) is 5.95. The van der Waals surface area contributed by atoms with Crippen molar-refractivity contribution >= 4 is 5.91 Å². The van der Waals surface area contributed by atoms with Gasteiger partial charge in [0.05, 0.1) is 14.1 Å². The number of hydrogen-bond donors (Lipinski definition) is 3. The van der Waals surface area contributed by atoms with E-state index in [2.05, 4.69) is 5.43 Å². The van der Waals surface area contributed by atoms with Gasteiger partial charge in [-0.2, -0.15) is 5.43 Å². The van der Waals surface area contributed by atoms with Crippen molar-refractivity contribution < 1.29 is 19.6 Å². The molecule has 5 nitrogen and oxygen atoms in total. The van der Waals surface area contributed by atoms with Crippen LogP contribution in [-0.4, -0.2) is 47.5 Å². The molecule has 0 saturated heterocycles. The van der Waals surface area contributed by atoms with E-state index in [-0.39, 0.29) is 4.59 Å². The molecular formula is C13H21N2O3+. The summed E-state index contributed by atoms with van der Waals surface area (Å²) in [7, 11) is 3.50. The Kier molecular flexibility index (Phi) is 4.84. The van der Waals surface area contributed by atoms with Crippen molar-refractivity contribution in [3.63, 3.8) is 0 Å². The highest BCUT2D eigenvalue weighted by atomic mass is 16.3. The summed E-state index contributed by atoms with van der Waals surface area (Å²) in [4.78, 5) is 11.9. The van der Waals surface area contributed by atoms with Gasteiger partial charge in [-0.05, 0) is 12.5 Å². The first kappa shape index (κ1) is 14.6. The zero-order valence-corrected chi connectivity index (χ0v) is 11.0. The van der Waals surface area contributed by atoms with Crippen molar-refractivity contribution in [1.29, 1.82) is 0 Å². The molecule has 0 aliphatic carbocycles. The minimum absolute atomic E-state index is 0.112. The summed E-state index contributed by atoms with van der Waals surface area (Å²) in [5.41, 5.74) is 3.22. The molecule has 2 unspecified atom stereocenters. The number of quaternary nitrogens is 1. The molecule has 3 N–H and O–H groups in total. The highest BCUT2D eigenvalue weighted by molar-refractivity contribution is 5.80. The van der Waals surface area contributed by atoms with Crippen LogP contribution >= 0.6 is 0 Å². The lowest BCUT2D eigenvalue weighted by molar-refractivity contribution is -0.927. The van der Waals surface area contributed by atoms with Crippen LogP contribution in [0.25, 0.3) is 0 Å². The lowest BCUT2D eigenvalue weighted by Gasteiger charge is -2.30. The highest BCUT2D eigenvalue weighted by Crippen LogP contribution is 2.12. The van der Waals surface area contributed by atoms with Gasteiger partial charge in [0.1, 0.15) is 12.6 Å². The van der Waals surface area contributed by atoms with E-state index in [1.54, 1.807) is 45.3 Å². The molecule has 0 saturated carbocycles. The van der Waals surface area contributed by atoms with E-state index in [4.69, 9.17) is 0 Å². The first-order valence-corrected chi connectivity index (χ1v) is 5.88. The minimum atomic E-state index is -1.20. The third-order valence-electron chi connectivity index (χ3n) is 2.50. The van der Waals surface area contributed by atoms with Gasteiger partial charge in [-0.25, -0.2) is 4.59 Å². The van der Waals surface area contributed by atoms with Gasteiger partial charge in [0.2, 0.25) is 0 Å². The quantitative estimate of drug-likeness (QED) is 0.519. The number of amides is 1. The molecule has 0 aliphatic rings. The van der Waals surface area contributed by atoms with E-state index in [1.165, 1.54) is 0 Å². The molecule has 100 valence electrons. The SMILES string of the molecule is CC(O)C[N+](C)(C)NC(=O)C(O)c1ccccc1. The molecule has 0 radical (unpaired) electrons. The maximum atomic E-state index is 11.9. The molecule has 1 aromatic rings. The molecule has 5 heteroatoms. The third-order valence-corrected chi connectivity index (χ3v) is 2.50. The highest BCUT2D eigenvalue weighted by Gasteiger charge is 2.26. The number of hydrogen-bond acceptors (Lipinski definition) is 3. The van der Waals surface area contributed by atoms with E-state index in [0.29, 0.717) is 12.1 Å². The molecule has 0 bridgehead atoms. The van der Waals surface area contributed by atoms with Gasteiger partial charge in [0.25, 0.3) is 5.91 Å². The second-order valence-corrected chi connectivity index (χ2v) is 5.01. The van der Waals surface area contributed by atoms with Crippen LogP contribution in [-0.2, 0) is 4.79 Å². The molecule has 1 rings (SSSR count). The van der Waals surface area contributed by atoms with Crippen LogP contribution in [0.5, 0.6) is 0 Å². The zero-order valence-electron chi connectivity index (χ0n) is 11.0. The Morgan fingerprint density at radius 1 is 1.28 bits per heavy atom. The lowest BCUT2D eigenvalue weighted by Crippen LogP contribution is -2.58. The van der Waals surface area contributed by atoms with Gasteiger partial charge in [-0.15, -0.1) is 0 Å². The summed E-state index contributed by atoms with van der Waals surface area (Å²) in [5, 5.41) is 19.2. The van der Waals surface area contributed by atoms with Crippen molar-refractivity contribution in [1.82, 2.24) is 5.43 Å². The molecule has 0 spiro atoms. The zero-order chi connectivity index (χ0) is 13.8. The van der Waals surface area contributed by atoms with Crippen LogP contribution in [0.4, 0.5) is 0 Å². The van der Waals surface area contributed by atoms with Gasteiger partial charge in [-0.1, -0.05) is 30.3 Å². The summed E-state index contributed by atoms with van der Waals surface area (Å²) in [6, 6.07) is 8.74. The molecule has 1 aromatic carbocycles. The van der Waals surface area contributed by atoms with Crippen LogP contribution in [0, 0.1) is 0 Å². The average molecular weight is 253 g/mol. The Balaban J connectivity index is 2.66. The Hall–Kier alpha value is -1.43. The normalized spacial score (nSPS) is 14.9. The monoisotopic (exact) mass is 253 g/mol. The lowest BCUT2D eigenvalue weighted by atomic mass is 10.1. The van der Waals surface area contributed by atoms with Gasteiger partial charge in [0, 0.05) is 0 Å². The maximum Gasteiger partial charge on any atom is 0.298 e. The van der Waals surface area contributed by atoms with E-state index in [9.17, 15) is 15.0 Å². The number of benzene rings is 1. The number of nitrogens with zero attached hydrogens (tertiary/aromatic N) is 1. The van der Waals surface area contributed by atoms with E-state index in [0.717, 1.165) is 0 Å². The van der Waals surface area contributed by atoms with Gasteiger partial charge in [-0.3, -0.25) is 4.79 Å². The third kappa shape index (κ3) is 4.44. The Morgan fingerprint density at radius 2 is 1.83 bits per heavy atom. The predicted octanol–water partition coefficient (Wildman–Crippen LogP) is 0.208. The number of aliphatic hydroxyl groups is 2. The fourth-order valence-corrected chi connectivity index (χ4v) is 1.85. The summed E-state index contributed by atoms with van der Waals surface area (Å²) in [5.74, 6) is -0.480. The van der Waals surface area contributed by atoms with Gasteiger partial charge in [0.15, 0.2) is 6.10 Å². The fourth-order valence-electron chi connectivity index (χ4n) is 1.85. The Labute approximate surface area is 107 Å². The Bertz CT molecular complexity index is 390. The molecule has 2 atom stereocenters. The second-order valence-electron chi connectivity index (χ2n) is 5.01. The number of rotatable bonds is 5. The van der Waals surface area contributed by atoms with E-state index < -0.39 is 18.1 Å². The van der Waals surface area contributed by atoms with Crippen molar-refractivity contribution in [3.05, 3.63) is 35.9 Å². The van der Waals surface area contributed by atoms with Gasteiger partial charge < -0.3 is 10.2 Å². The summed E-state index contributed by atoms with van der Waals surface area (Å²) >= 11 is 0. The first-order chi connectivity index (χ1) is 8.32. The van der Waals surface area contributed by atoms with Crippen molar-refractivity contribution in [3.8, 4) is 0 Å². The minimum Gasteiger partial charge on any atom is -0.387 e. The molecular weight excluding hydrogens is 232 g/mol. The largest absolute Gasteiger partial charge is 0.387 e. The maximum absolute atomic E-state index is 11.9. The van der Waals surface area contributed by atoms with Crippen LogP contribution in [0.3, 0.4) is 0 Å². The van der Waals surface area contributed by atoms with Crippen LogP contribution in [0.1, 0.15) is 18.6 Å². The van der Waals surface area contributed by atoms with Crippen LogP contribution in [0.15, 0.2) is 30.3 Å². The summed E-state index contributed by atoms with van der Waals surface area (Å²) in [6.07, 6.45) is -1.73. The smallest absolute Gasteiger partial charge is 0.298 e. The Morgan fingerprint density at radius 3 is 2.33 bits per heavy atom. The number of carbonyl (C=O) groups is 1. The molecule has 18 heavy (non-hydrogen) atoms. The number of aliphatic hydroxyl groups excluding tert-OH is 2. The van der Waals surface area contributed by atoms with Crippen molar-refractivity contribution in [2.45, 2.75) is 19.1 Å². The number of carbonyl (C=O) groups excluding carboxylic acids is 1. The van der Waals surface area contributed by atoms with E-state index in [1.807, 2.05) is 6.07 Å². The average Bonchev–Trinajstić information content (AvgIpc) is 2.26. The first-order valence-electron chi connectivity index (χ1n) is 5.88.